The fraction of sp³-hybridized carbons (Fsp3) is 0.294. The molecule has 2 aromatic carbocycles. The maximum absolute atomic E-state index is 6.65. The first-order chi connectivity index (χ1) is 9.15. The third-order valence-corrected chi connectivity index (χ3v) is 4.25. The second-order valence-corrected chi connectivity index (χ2v) is 5.70. The number of hydrogen-bond acceptors (Lipinski definition) is 1. The molecule has 2 aromatic rings. The fourth-order valence-corrected chi connectivity index (χ4v) is 3.01. The van der Waals surface area contributed by atoms with Crippen LogP contribution >= 0.6 is 11.6 Å². The number of fused-ring (bicyclic) bond motifs is 1. The minimum absolute atomic E-state index is 0.0274. The van der Waals surface area contributed by atoms with Gasteiger partial charge in [0.25, 0.3) is 0 Å². The molecule has 0 N–H and O–H groups in total. The third-order valence-electron chi connectivity index (χ3n) is 3.73. The Morgan fingerprint density at radius 1 is 1.16 bits per heavy atom. The Balaban J connectivity index is 1.87. The van der Waals surface area contributed by atoms with E-state index in [0.717, 1.165) is 12.2 Å². The fourth-order valence-electron chi connectivity index (χ4n) is 2.63. The zero-order valence-corrected chi connectivity index (χ0v) is 11.9. The van der Waals surface area contributed by atoms with Crippen LogP contribution in [-0.2, 0) is 6.42 Å². The number of para-hydroxylation sites is 1. The normalized spacial score (nSPS) is 18.8. The van der Waals surface area contributed by atoms with E-state index in [0.29, 0.717) is 0 Å². The Bertz CT molecular complexity index is 581. The molecule has 1 heterocycles. The van der Waals surface area contributed by atoms with Gasteiger partial charge in [-0.25, -0.2) is 0 Å². The molecule has 2 heteroatoms. The smallest absolute Gasteiger partial charge is 0.123 e. The number of halogens is 1. The molecule has 2 atom stereocenters. The van der Waals surface area contributed by atoms with Crippen molar-refractivity contribution in [3.8, 4) is 5.75 Å². The van der Waals surface area contributed by atoms with E-state index in [4.69, 9.17) is 16.3 Å². The first-order valence-electron chi connectivity index (χ1n) is 6.61. The van der Waals surface area contributed by atoms with Gasteiger partial charge in [-0.15, -0.1) is 11.6 Å². The Morgan fingerprint density at radius 2 is 1.95 bits per heavy atom. The van der Waals surface area contributed by atoms with Crippen LogP contribution in [-0.4, -0.2) is 6.10 Å². The summed E-state index contributed by atoms with van der Waals surface area (Å²) in [5.41, 5.74) is 4.90. The lowest BCUT2D eigenvalue weighted by atomic mass is 9.97. The average Bonchev–Trinajstić information content (AvgIpc) is 2.84. The van der Waals surface area contributed by atoms with Crippen molar-refractivity contribution in [3.05, 3.63) is 64.7 Å². The maximum atomic E-state index is 6.65. The van der Waals surface area contributed by atoms with Crippen molar-refractivity contribution in [2.75, 3.05) is 0 Å². The molecule has 0 spiro atoms. The molecule has 98 valence electrons. The molecule has 2 unspecified atom stereocenters. The van der Waals surface area contributed by atoms with Gasteiger partial charge >= 0.3 is 0 Å². The SMILES string of the molecule is Cc1ccc(C)c(C(Cl)C2Cc3ccccc3O2)c1. The van der Waals surface area contributed by atoms with Crippen molar-refractivity contribution in [2.45, 2.75) is 31.7 Å². The first-order valence-corrected chi connectivity index (χ1v) is 7.04. The van der Waals surface area contributed by atoms with Crippen molar-refractivity contribution >= 4 is 11.6 Å². The van der Waals surface area contributed by atoms with E-state index in [9.17, 15) is 0 Å². The highest BCUT2D eigenvalue weighted by atomic mass is 35.5. The Kier molecular flexibility index (Phi) is 3.24. The highest BCUT2D eigenvalue weighted by Gasteiger charge is 2.30. The lowest BCUT2D eigenvalue weighted by Crippen LogP contribution is -2.20. The van der Waals surface area contributed by atoms with E-state index >= 15 is 0 Å². The van der Waals surface area contributed by atoms with Crippen LogP contribution < -0.4 is 4.74 Å². The molecule has 0 bridgehead atoms. The summed E-state index contributed by atoms with van der Waals surface area (Å²) in [5, 5.41) is -0.104. The molecule has 1 nitrogen and oxygen atoms in total. The average molecular weight is 273 g/mol. The molecule has 1 aliphatic heterocycles. The Labute approximate surface area is 119 Å². The molecular formula is C17H17ClO. The highest BCUT2D eigenvalue weighted by Crippen LogP contribution is 2.38. The van der Waals surface area contributed by atoms with E-state index < -0.39 is 0 Å². The van der Waals surface area contributed by atoms with Gasteiger partial charge in [0, 0.05) is 6.42 Å². The van der Waals surface area contributed by atoms with Crippen LogP contribution in [0, 0.1) is 13.8 Å². The van der Waals surface area contributed by atoms with Crippen LogP contribution in [0.4, 0.5) is 0 Å². The quantitative estimate of drug-likeness (QED) is 0.727. The van der Waals surface area contributed by atoms with Gasteiger partial charge in [-0.1, -0.05) is 42.0 Å². The molecule has 0 aliphatic carbocycles. The standard InChI is InChI=1S/C17H17ClO/c1-11-7-8-12(2)14(9-11)17(18)16-10-13-5-3-4-6-15(13)19-16/h3-9,16-17H,10H2,1-2H3. The molecule has 0 amide bonds. The van der Waals surface area contributed by atoms with Gasteiger partial charge in [0.2, 0.25) is 0 Å². The molecule has 3 rings (SSSR count). The maximum Gasteiger partial charge on any atom is 0.123 e. The predicted molar refractivity (Wildman–Crippen MR) is 79.1 cm³/mol. The van der Waals surface area contributed by atoms with Gasteiger partial charge in [0.05, 0.1) is 5.38 Å². The monoisotopic (exact) mass is 272 g/mol. The van der Waals surface area contributed by atoms with E-state index in [1.165, 1.54) is 22.3 Å². The van der Waals surface area contributed by atoms with Gasteiger partial charge in [-0.05, 0) is 36.6 Å². The Hall–Kier alpha value is -1.47. The number of aryl methyl sites for hydroxylation is 2. The van der Waals surface area contributed by atoms with Crippen molar-refractivity contribution in [1.82, 2.24) is 0 Å². The summed E-state index contributed by atoms with van der Waals surface area (Å²) >= 11 is 6.65. The zero-order valence-electron chi connectivity index (χ0n) is 11.2. The summed E-state index contributed by atoms with van der Waals surface area (Å²) in [6.45, 7) is 4.20. The van der Waals surface area contributed by atoms with Crippen molar-refractivity contribution in [2.24, 2.45) is 0 Å². The molecule has 19 heavy (non-hydrogen) atoms. The molecule has 0 radical (unpaired) electrons. The van der Waals surface area contributed by atoms with Gasteiger partial charge < -0.3 is 4.74 Å². The highest BCUT2D eigenvalue weighted by molar-refractivity contribution is 6.21. The zero-order chi connectivity index (χ0) is 13.4. The van der Waals surface area contributed by atoms with Crippen LogP contribution in [0.1, 0.15) is 27.6 Å². The molecule has 0 saturated heterocycles. The van der Waals surface area contributed by atoms with Crippen molar-refractivity contribution < 1.29 is 4.74 Å². The summed E-state index contributed by atoms with van der Waals surface area (Å²) in [7, 11) is 0. The minimum Gasteiger partial charge on any atom is -0.488 e. The summed E-state index contributed by atoms with van der Waals surface area (Å²) in [4.78, 5) is 0. The lowest BCUT2D eigenvalue weighted by molar-refractivity contribution is 0.227. The molecule has 0 fully saturated rings. The number of rotatable bonds is 2. The number of hydrogen-bond donors (Lipinski definition) is 0. The Morgan fingerprint density at radius 3 is 2.74 bits per heavy atom. The van der Waals surface area contributed by atoms with Crippen molar-refractivity contribution in [1.29, 1.82) is 0 Å². The van der Waals surface area contributed by atoms with Gasteiger partial charge in [-0.3, -0.25) is 0 Å². The second-order valence-electron chi connectivity index (χ2n) is 5.23. The van der Waals surface area contributed by atoms with Crippen LogP contribution in [0.5, 0.6) is 5.75 Å². The topological polar surface area (TPSA) is 9.23 Å². The summed E-state index contributed by atoms with van der Waals surface area (Å²) < 4.78 is 5.99. The van der Waals surface area contributed by atoms with Gasteiger partial charge in [0.15, 0.2) is 0 Å². The summed E-state index contributed by atoms with van der Waals surface area (Å²) in [5.74, 6) is 0.975. The van der Waals surface area contributed by atoms with Crippen LogP contribution in [0.25, 0.3) is 0 Å². The first kappa shape index (κ1) is 12.6. The predicted octanol–water partition coefficient (Wildman–Crippen LogP) is 4.59. The van der Waals surface area contributed by atoms with Crippen LogP contribution in [0.3, 0.4) is 0 Å². The molecule has 1 aliphatic rings. The lowest BCUT2D eigenvalue weighted by Gasteiger charge is -2.20. The van der Waals surface area contributed by atoms with Gasteiger partial charge in [-0.2, -0.15) is 0 Å². The number of benzene rings is 2. The summed E-state index contributed by atoms with van der Waals surface area (Å²) in [6, 6.07) is 14.6. The minimum atomic E-state index is -0.104. The van der Waals surface area contributed by atoms with Crippen LogP contribution in [0.2, 0.25) is 0 Å². The van der Waals surface area contributed by atoms with E-state index in [2.05, 4.69) is 38.1 Å². The van der Waals surface area contributed by atoms with E-state index in [-0.39, 0.29) is 11.5 Å². The molecule has 0 aromatic heterocycles. The third kappa shape index (κ3) is 2.35. The summed E-state index contributed by atoms with van der Waals surface area (Å²) in [6.07, 6.45) is 0.914. The van der Waals surface area contributed by atoms with Crippen LogP contribution in [0.15, 0.2) is 42.5 Å². The molecule has 0 saturated carbocycles. The largest absolute Gasteiger partial charge is 0.488 e. The number of alkyl halides is 1. The molecular weight excluding hydrogens is 256 g/mol. The van der Waals surface area contributed by atoms with Gasteiger partial charge in [0.1, 0.15) is 11.9 Å². The van der Waals surface area contributed by atoms with E-state index in [1.54, 1.807) is 0 Å². The van der Waals surface area contributed by atoms with Crippen molar-refractivity contribution in [3.63, 3.8) is 0 Å². The van der Waals surface area contributed by atoms with E-state index in [1.807, 2.05) is 18.2 Å². The second kappa shape index (κ2) is 4.90. The number of ether oxygens (including phenoxy) is 1.